The molecular weight excluding hydrogens is 751 g/mol. The first-order chi connectivity index (χ1) is 30.7. The number of rotatable bonds is 6. The molecule has 3 heterocycles. The van der Waals surface area contributed by atoms with Gasteiger partial charge in [0, 0.05) is 27.9 Å². The van der Waals surface area contributed by atoms with Crippen molar-refractivity contribution < 1.29 is 0 Å². The van der Waals surface area contributed by atoms with E-state index in [0.29, 0.717) is 17.5 Å². The average Bonchev–Trinajstić information content (AvgIpc) is 3.36. The summed E-state index contributed by atoms with van der Waals surface area (Å²) in [5, 5.41) is 4.67. The number of hydrogen-bond donors (Lipinski definition) is 0. The SMILES string of the molecule is C1=c2ccccc2=CN2B1c1cc(-c3cc(-c4ccccc4)cc(-c4ccccc4)c3)ccc1-c1ccc(-c3nc(-c4ccccc4)nc(-c4cccc5ccccc45)n3)cc12. The van der Waals surface area contributed by atoms with E-state index < -0.39 is 0 Å². The van der Waals surface area contributed by atoms with Crippen LogP contribution < -0.4 is 20.7 Å². The minimum absolute atomic E-state index is 0.0296. The van der Waals surface area contributed by atoms with Gasteiger partial charge in [-0.15, -0.1) is 0 Å². The van der Waals surface area contributed by atoms with Crippen LogP contribution in [0.5, 0.6) is 0 Å². The normalized spacial score (nSPS) is 12.4. The van der Waals surface area contributed by atoms with E-state index >= 15 is 0 Å². The number of anilines is 1. The van der Waals surface area contributed by atoms with Crippen LogP contribution in [0.25, 0.3) is 102 Å². The summed E-state index contributed by atoms with van der Waals surface area (Å²) in [5.74, 6) is 4.35. The first-order valence-electron chi connectivity index (χ1n) is 21.1. The molecule has 0 amide bonds. The molecule has 0 saturated carbocycles. The van der Waals surface area contributed by atoms with Crippen molar-refractivity contribution in [3.8, 4) is 78.7 Å². The maximum Gasteiger partial charge on any atom is 0.321 e. The van der Waals surface area contributed by atoms with E-state index in [0.717, 1.165) is 33.2 Å². The lowest BCUT2D eigenvalue weighted by atomic mass is 9.49. The standard InChI is InChI=1S/C57H37BN4/c1-4-15-38(16-5-1)46-31-47(39-17-6-2-7-18-39)33-48(32-46)42-27-29-50-51-30-28-43(35-54(51)62-37-45-23-11-10-22-44(45)36-58(62)53(50)34-42)56-59-55(41-20-8-3-9-21-41)60-57(61-56)52-26-14-24-40-19-12-13-25-49(40)52/h1-37H. The first kappa shape index (κ1) is 35.8. The van der Waals surface area contributed by atoms with Crippen molar-refractivity contribution in [3.05, 3.63) is 223 Å². The molecule has 0 radical (unpaired) electrons. The second-order valence-electron chi connectivity index (χ2n) is 16.0. The zero-order chi connectivity index (χ0) is 41.0. The van der Waals surface area contributed by atoms with Crippen LogP contribution in [0.15, 0.2) is 212 Å². The van der Waals surface area contributed by atoms with E-state index in [-0.39, 0.29) is 6.85 Å². The Bertz CT molecular complexity index is 3420. The molecule has 0 saturated heterocycles. The molecule has 0 aliphatic carbocycles. The molecule has 0 spiro atoms. The maximum absolute atomic E-state index is 5.23. The molecule has 0 unspecified atom stereocenters. The maximum atomic E-state index is 5.23. The summed E-state index contributed by atoms with van der Waals surface area (Å²) < 4.78 is 0. The summed E-state index contributed by atoms with van der Waals surface area (Å²) in [6, 6.07) is 75.7. The molecule has 62 heavy (non-hydrogen) atoms. The lowest BCUT2D eigenvalue weighted by Crippen LogP contribution is -2.53. The molecule has 0 N–H and O–H groups in total. The fraction of sp³-hybridized carbons (Fsp3) is 0. The van der Waals surface area contributed by atoms with E-state index in [9.17, 15) is 0 Å². The second kappa shape index (κ2) is 14.8. The Labute approximate surface area is 360 Å². The van der Waals surface area contributed by atoms with Crippen molar-refractivity contribution in [3.63, 3.8) is 0 Å². The van der Waals surface area contributed by atoms with Crippen molar-refractivity contribution in [2.75, 3.05) is 4.81 Å². The predicted molar refractivity (Wildman–Crippen MR) is 258 cm³/mol. The third-order valence-corrected chi connectivity index (χ3v) is 12.3. The van der Waals surface area contributed by atoms with E-state index in [1.165, 1.54) is 60.4 Å². The molecule has 10 aromatic rings. The second-order valence-corrected chi connectivity index (χ2v) is 16.0. The van der Waals surface area contributed by atoms with E-state index in [4.69, 9.17) is 15.0 Å². The van der Waals surface area contributed by atoms with Crippen molar-refractivity contribution >= 4 is 40.9 Å². The highest BCUT2D eigenvalue weighted by atomic mass is 15.1. The van der Waals surface area contributed by atoms with Gasteiger partial charge in [0.25, 0.3) is 0 Å². The van der Waals surface area contributed by atoms with Gasteiger partial charge in [-0.25, -0.2) is 15.0 Å². The zero-order valence-corrected chi connectivity index (χ0v) is 33.7. The Morgan fingerprint density at radius 1 is 0.339 bits per heavy atom. The monoisotopic (exact) mass is 788 g/mol. The smallest absolute Gasteiger partial charge is 0.321 e. The van der Waals surface area contributed by atoms with Crippen molar-refractivity contribution in [2.24, 2.45) is 0 Å². The lowest BCUT2D eigenvalue weighted by Gasteiger charge is -2.37. The molecule has 12 rings (SSSR count). The van der Waals surface area contributed by atoms with E-state index in [1.807, 2.05) is 18.2 Å². The van der Waals surface area contributed by atoms with Gasteiger partial charge in [-0.3, -0.25) is 0 Å². The fourth-order valence-corrected chi connectivity index (χ4v) is 9.22. The van der Waals surface area contributed by atoms with Crippen molar-refractivity contribution in [1.29, 1.82) is 0 Å². The fourth-order valence-electron chi connectivity index (χ4n) is 9.22. The third-order valence-electron chi connectivity index (χ3n) is 12.3. The summed E-state index contributed by atoms with van der Waals surface area (Å²) in [7, 11) is 0. The highest BCUT2D eigenvalue weighted by Crippen LogP contribution is 2.41. The van der Waals surface area contributed by atoms with Crippen LogP contribution in [-0.4, -0.2) is 21.8 Å². The van der Waals surface area contributed by atoms with Gasteiger partial charge in [0.1, 0.15) is 0 Å². The van der Waals surface area contributed by atoms with Gasteiger partial charge in [0.2, 0.25) is 0 Å². The molecule has 0 atom stereocenters. The summed E-state index contributed by atoms with van der Waals surface area (Å²) in [6.45, 7) is -0.0296. The minimum atomic E-state index is -0.0296. The number of nitrogens with zero attached hydrogens (tertiary/aromatic N) is 4. The molecule has 9 aromatic carbocycles. The van der Waals surface area contributed by atoms with Gasteiger partial charge >= 0.3 is 6.85 Å². The quantitative estimate of drug-likeness (QED) is 0.157. The van der Waals surface area contributed by atoms with Crippen molar-refractivity contribution in [1.82, 2.24) is 15.0 Å². The van der Waals surface area contributed by atoms with Crippen LogP contribution in [0.2, 0.25) is 0 Å². The molecular formula is C57H37BN4. The van der Waals surface area contributed by atoms with Crippen LogP contribution in [0.1, 0.15) is 0 Å². The summed E-state index contributed by atoms with van der Waals surface area (Å²) in [5.41, 5.74) is 14.8. The predicted octanol–water partition coefficient (Wildman–Crippen LogP) is 11.5. The summed E-state index contributed by atoms with van der Waals surface area (Å²) >= 11 is 0. The topological polar surface area (TPSA) is 41.9 Å². The van der Waals surface area contributed by atoms with Gasteiger partial charge in [0.05, 0.1) is 0 Å². The van der Waals surface area contributed by atoms with Crippen LogP contribution in [0, 0.1) is 0 Å². The molecule has 4 nitrogen and oxygen atoms in total. The van der Waals surface area contributed by atoms with Gasteiger partial charge < -0.3 is 4.81 Å². The average molecular weight is 789 g/mol. The van der Waals surface area contributed by atoms with Gasteiger partial charge in [0.15, 0.2) is 17.5 Å². The molecule has 2 aliphatic rings. The Kier molecular flexibility index (Phi) is 8.56. The molecule has 5 heteroatoms. The minimum Gasteiger partial charge on any atom is -0.382 e. The Morgan fingerprint density at radius 3 is 1.61 bits per heavy atom. The molecule has 0 fully saturated rings. The first-order valence-corrected chi connectivity index (χ1v) is 21.1. The highest BCUT2D eigenvalue weighted by molar-refractivity contribution is 6.91. The molecule has 1 aromatic heterocycles. The summed E-state index contributed by atoms with van der Waals surface area (Å²) in [6.07, 6.45) is 2.31. The Balaban J connectivity index is 1.03. The molecule has 0 bridgehead atoms. The molecule has 2 aliphatic heterocycles. The van der Waals surface area contributed by atoms with Crippen LogP contribution in [0.3, 0.4) is 0 Å². The van der Waals surface area contributed by atoms with Gasteiger partial charge in [-0.1, -0.05) is 194 Å². The third kappa shape index (κ3) is 6.30. The Morgan fingerprint density at radius 2 is 0.887 bits per heavy atom. The largest absolute Gasteiger partial charge is 0.382 e. The Hall–Kier alpha value is -8.15. The number of fused-ring (bicyclic) bond motifs is 8. The van der Waals surface area contributed by atoms with Gasteiger partial charge in [-0.05, 0) is 96.1 Å². The van der Waals surface area contributed by atoms with Crippen molar-refractivity contribution in [2.45, 2.75) is 0 Å². The van der Waals surface area contributed by atoms with Crippen LogP contribution in [-0.2, 0) is 0 Å². The van der Waals surface area contributed by atoms with E-state index in [2.05, 4.69) is 211 Å². The number of hydrogen-bond acceptors (Lipinski definition) is 4. The zero-order valence-electron chi connectivity index (χ0n) is 33.7. The van der Waals surface area contributed by atoms with Crippen LogP contribution >= 0.6 is 0 Å². The number of benzene rings is 9. The summed E-state index contributed by atoms with van der Waals surface area (Å²) in [4.78, 5) is 17.9. The van der Waals surface area contributed by atoms with E-state index in [1.54, 1.807) is 0 Å². The van der Waals surface area contributed by atoms with Gasteiger partial charge in [-0.2, -0.15) is 0 Å². The molecule has 288 valence electrons. The number of aromatic nitrogens is 3. The van der Waals surface area contributed by atoms with Crippen LogP contribution in [0.4, 0.5) is 5.69 Å². The lowest BCUT2D eigenvalue weighted by molar-refractivity contribution is 1.08. The highest BCUT2D eigenvalue weighted by Gasteiger charge is 2.34.